The third-order valence-electron chi connectivity index (χ3n) is 1.43. The van der Waals surface area contributed by atoms with Crippen molar-refractivity contribution in [1.29, 1.82) is 0 Å². The van der Waals surface area contributed by atoms with Crippen LogP contribution in [0.4, 0.5) is 5.82 Å². The number of pyridine rings is 1. The molecule has 0 saturated heterocycles. The van der Waals surface area contributed by atoms with Crippen LogP contribution in [0.1, 0.15) is 5.56 Å². The Morgan fingerprint density at radius 3 is 2.45 bits per heavy atom. The van der Waals surface area contributed by atoms with Crippen molar-refractivity contribution in [2.75, 3.05) is 5.73 Å². The molecule has 0 unspecified atom stereocenters. The van der Waals surface area contributed by atoms with Crippen LogP contribution in [0.2, 0.25) is 0 Å². The Morgan fingerprint density at radius 1 is 1.36 bits per heavy atom. The number of nitrogen functional groups attached to an aromatic ring is 1. The quantitative estimate of drug-likeness (QED) is 0.413. The molecule has 5 heteroatoms. The summed E-state index contributed by atoms with van der Waals surface area (Å²) in [6.45, 7) is 1.40. The van der Waals surface area contributed by atoms with Gasteiger partial charge in [0.1, 0.15) is 5.82 Å². The van der Waals surface area contributed by atoms with E-state index in [0.717, 1.165) is 0 Å². The lowest BCUT2D eigenvalue weighted by Gasteiger charge is -2.02. The number of hydrogen-bond donors (Lipinski definition) is 4. The van der Waals surface area contributed by atoms with Gasteiger partial charge in [0.05, 0.1) is 0 Å². The van der Waals surface area contributed by atoms with Crippen LogP contribution in [-0.4, -0.2) is 15.2 Å². The van der Waals surface area contributed by atoms with E-state index in [4.69, 9.17) is 15.9 Å². The van der Waals surface area contributed by atoms with Crippen LogP contribution in [0.3, 0.4) is 0 Å². The van der Waals surface area contributed by atoms with Crippen LogP contribution < -0.4 is 11.3 Å². The number of aromatic nitrogens is 1. The van der Waals surface area contributed by atoms with Crippen molar-refractivity contribution in [3.8, 4) is 11.5 Å². The van der Waals surface area contributed by atoms with Crippen LogP contribution in [0.15, 0.2) is 4.79 Å². The molecule has 0 aromatic carbocycles. The van der Waals surface area contributed by atoms with E-state index < -0.39 is 11.3 Å². The van der Waals surface area contributed by atoms with E-state index in [2.05, 4.69) is 4.98 Å². The van der Waals surface area contributed by atoms with Crippen molar-refractivity contribution in [3.63, 3.8) is 0 Å². The minimum absolute atomic E-state index is 0.0891. The number of hydrogen-bond acceptors (Lipinski definition) is 4. The molecule has 0 aliphatic heterocycles. The highest BCUT2D eigenvalue weighted by Crippen LogP contribution is 2.25. The number of aromatic hydroxyl groups is 2. The number of aromatic amines is 1. The number of H-pyrrole nitrogens is 1. The average Bonchev–Trinajstić information content (AvgIpc) is 1.97. The van der Waals surface area contributed by atoms with Crippen LogP contribution >= 0.6 is 0 Å². The Bertz CT molecular complexity index is 342. The first kappa shape index (κ1) is 7.46. The van der Waals surface area contributed by atoms with Crippen molar-refractivity contribution < 1.29 is 10.2 Å². The second kappa shape index (κ2) is 2.19. The summed E-state index contributed by atoms with van der Waals surface area (Å²) < 4.78 is 0. The molecule has 1 heterocycles. The summed E-state index contributed by atoms with van der Waals surface area (Å²) in [5, 5.41) is 18.0. The highest BCUT2D eigenvalue weighted by Gasteiger charge is 2.09. The Balaban J connectivity index is 3.59. The molecule has 0 atom stereocenters. The first-order valence-electron chi connectivity index (χ1n) is 2.94. The van der Waals surface area contributed by atoms with E-state index in [9.17, 15) is 4.79 Å². The molecule has 0 spiro atoms. The Morgan fingerprint density at radius 2 is 1.91 bits per heavy atom. The summed E-state index contributed by atoms with van der Waals surface area (Å²) in [6.07, 6.45) is 0. The zero-order valence-corrected chi connectivity index (χ0v) is 5.88. The first-order valence-corrected chi connectivity index (χ1v) is 2.94. The van der Waals surface area contributed by atoms with Gasteiger partial charge in [-0.15, -0.1) is 0 Å². The summed E-state index contributed by atoms with van der Waals surface area (Å²) in [5.74, 6) is -0.927. The van der Waals surface area contributed by atoms with Crippen molar-refractivity contribution >= 4 is 5.82 Å². The largest absolute Gasteiger partial charge is 0.504 e. The molecule has 5 nitrogen and oxygen atoms in total. The summed E-state index contributed by atoms with van der Waals surface area (Å²) in [7, 11) is 0. The zero-order chi connectivity index (χ0) is 8.59. The molecule has 1 rings (SSSR count). The zero-order valence-electron chi connectivity index (χ0n) is 5.88. The fourth-order valence-electron chi connectivity index (χ4n) is 0.725. The lowest BCUT2D eigenvalue weighted by Crippen LogP contribution is -2.09. The third kappa shape index (κ3) is 1.000. The third-order valence-corrected chi connectivity index (χ3v) is 1.43. The van der Waals surface area contributed by atoms with E-state index in [1.165, 1.54) is 6.92 Å². The topological polar surface area (TPSA) is 99.3 Å². The van der Waals surface area contributed by atoms with Crippen molar-refractivity contribution in [1.82, 2.24) is 4.98 Å². The van der Waals surface area contributed by atoms with E-state index in [0.29, 0.717) is 0 Å². The monoisotopic (exact) mass is 156 g/mol. The Kier molecular flexibility index (Phi) is 1.48. The van der Waals surface area contributed by atoms with Gasteiger partial charge in [-0.3, -0.25) is 4.79 Å². The normalized spacial score (nSPS) is 9.91. The molecule has 60 valence electrons. The summed E-state index contributed by atoms with van der Waals surface area (Å²) in [5.41, 5.74) is 4.57. The molecule has 5 N–H and O–H groups in total. The van der Waals surface area contributed by atoms with Gasteiger partial charge < -0.3 is 20.9 Å². The molecule has 1 aromatic rings. The van der Waals surface area contributed by atoms with Crippen LogP contribution in [0.5, 0.6) is 11.5 Å². The van der Waals surface area contributed by atoms with Gasteiger partial charge in [0.25, 0.3) is 5.56 Å². The molecule has 0 saturated carbocycles. The van der Waals surface area contributed by atoms with Crippen molar-refractivity contribution in [2.24, 2.45) is 0 Å². The standard InChI is InChI=1S/C6H8N2O3/c1-2-3(9)5(7)8-6(11)4(2)10/h9-10H,1H3,(H3,7,8,11). The lowest BCUT2D eigenvalue weighted by atomic mass is 10.2. The van der Waals surface area contributed by atoms with Gasteiger partial charge in [-0.1, -0.05) is 0 Å². The molecule has 0 radical (unpaired) electrons. The molecule has 0 bridgehead atoms. The molecule has 11 heavy (non-hydrogen) atoms. The number of anilines is 1. The fraction of sp³-hybridized carbons (Fsp3) is 0.167. The smallest absolute Gasteiger partial charge is 0.292 e. The number of nitrogens with one attached hydrogen (secondary N) is 1. The van der Waals surface area contributed by atoms with E-state index in [1.54, 1.807) is 0 Å². The van der Waals surface area contributed by atoms with Gasteiger partial charge in [0, 0.05) is 5.56 Å². The van der Waals surface area contributed by atoms with Crippen molar-refractivity contribution in [3.05, 3.63) is 15.9 Å². The number of rotatable bonds is 0. The summed E-state index contributed by atoms with van der Waals surface area (Å²) in [6, 6.07) is 0. The van der Waals surface area contributed by atoms with Gasteiger partial charge in [0.15, 0.2) is 11.5 Å². The molecule has 1 aromatic heterocycles. The highest BCUT2D eigenvalue weighted by molar-refractivity contribution is 5.53. The van der Waals surface area contributed by atoms with Crippen molar-refractivity contribution in [2.45, 2.75) is 6.92 Å². The molecule has 0 aliphatic rings. The van der Waals surface area contributed by atoms with Crippen LogP contribution in [-0.2, 0) is 0 Å². The first-order chi connectivity index (χ1) is 5.04. The molecule has 0 fully saturated rings. The fourth-order valence-corrected chi connectivity index (χ4v) is 0.725. The maximum Gasteiger partial charge on any atom is 0.292 e. The minimum Gasteiger partial charge on any atom is -0.504 e. The predicted octanol–water partition coefficient (Wildman–Crippen LogP) is -0.323. The molecular weight excluding hydrogens is 148 g/mol. The predicted molar refractivity (Wildman–Crippen MR) is 39.5 cm³/mol. The maximum absolute atomic E-state index is 10.7. The number of nitrogens with two attached hydrogens (primary N) is 1. The lowest BCUT2D eigenvalue weighted by molar-refractivity contribution is 0.436. The van der Waals surface area contributed by atoms with Gasteiger partial charge >= 0.3 is 0 Å². The average molecular weight is 156 g/mol. The molecular formula is C6H8N2O3. The van der Waals surface area contributed by atoms with E-state index in [-0.39, 0.29) is 17.1 Å². The molecule has 0 amide bonds. The molecule has 0 aliphatic carbocycles. The highest BCUT2D eigenvalue weighted by atomic mass is 16.3. The Hall–Kier alpha value is -1.65. The van der Waals surface area contributed by atoms with E-state index in [1.807, 2.05) is 0 Å². The summed E-state index contributed by atoms with van der Waals surface area (Å²) >= 11 is 0. The maximum atomic E-state index is 10.7. The summed E-state index contributed by atoms with van der Waals surface area (Å²) in [4.78, 5) is 12.8. The van der Waals surface area contributed by atoms with Crippen LogP contribution in [0, 0.1) is 6.92 Å². The second-order valence-electron chi connectivity index (χ2n) is 2.19. The SMILES string of the molecule is Cc1c(O)c(N)[nH]c(=O)c1O. The minimum atomic E-state index is -0.696. The van der Waals surface area contributed by atoms with Gasteiger partial charge in [-0.05, 0) is 6.92 Å². The van der Waals surface area contributed by atoms with Gasteiger partial charge in [-0.2, -0.15) is 0 Å². The van der Waals surface area contributed by atoms with Gasteiger partial charge in [-0.25, -0.2) is 0 Å². The van der Waals surface area contributed by atoms with Gasteiger partial charge in [0.2, 0.25) is 0 Å². The van der Waals surface area contributed by atoms with E-state index >= 15 is 0 Å². The Labute approximate surface area is 62.1 Å². The van der Waals surface area contributed by atoms with Crippen LogP contribution in [0.25, 0.3) is 0 Å². The second-order valence-corrected chi connectivity index (χ2v) is 2.19.